The Morgan fingerprint density at radius 1 is 1.55 bits per heavy atom. The number of ether oxygens (including phenoxy) is 1. The lowest BCUT2D eigenvalue weighted by Crippen LogP contribution is -2.19. The summed E-state index contributed by atoms with van der Waals surface area (Å²) >= 11 is 0. The summed E-state index contributed by atoms with van der Waals surface area (Å²) in [5.74, 6) is 5.39. The van der Waals surface area contributed by atoms with E-state index in [2.05, 4.69) is 17.2 Å². The standard InChI is InChI=1S/C16H19NO3/c1-12-6-7-13(4-2-8-18)10-15(12)17-16(19)11-14-5-3-9-20-14/h6-7,10,14,18H,3,5,8-9,11H2,1H3,(H,17,19). The van der Waals surface area contributed by atoms with Gasteiger partial charge in [-0.2, -0.15) is 0 Å². The quantitative estimate of drug-likeness (QED) is 0.826. The fourth-order valence-electron chi connectivity index (χ4n) is 2.19. The monoisotopic (exact) mass is 273 g/mol. The van der Waals surface area contributed by atoms with Crippen LogP contribution in [0.4, 0.5) is 5.69 Å². The molecule has 1 amide bonds. The molecule has 1 atom stereocenters. The molecule has 1 aliphatic rings. The summed E-state index contributed by atoms with van der Waals surface area (Å²) < 4.78 is 5.46. The molecule has 2 rings (SSSR count). The number of rotatable bonds is 3. The maximum Gasteiger partial charge on any atom is 0.226 e. The van der Waals surface area contributed by atoms with Gasteiger partial charge in [-0.1, -0.05) is 17.9 Å². The number of aryl methyl sites for hydroxylation is 1. The Balaban J connectivity index is 2.01. The van der Waals surface area contributed by atoms with Gasteiger partial charge >= 0.3 is 0 Å². The Labute approximate surface area is 119 Å². The molecule has 1 heterocycles. The van der Waals surface area contributed by atoms with E-state index in [1.165, 1.54) is 0 Å². The number of aliphatic hydroxyl groups excluding tert-OH is 1. The molecule has 1 aromatic rings. The number of hydrogen-bond acceptors (Lipinski definition) is 3. The molecule has 20 heavy (non-hydrogen) atoms. The molecule has 1 saturated heterocycles. The van der Waals surface area contributed by atoms with Crippen LogP contribution in [-0.4, -0.2) is 30.3 Å². The minimum absolute atomic E-state index is 0.0349. The number of benzene rings is 1. The average Bonchev–Trinajstić information content (AvgIpc) is 2.92. The van der Waals surface area contributed by atoms with Crippen LogP contribution in [0.5, 0.6) is 0 Å². The molecule has 0 bridgehead atoms. The number of amides is 1. The SMILES string of the molecule is Cc1ccc(C#CCO)cc1NC(=O)CC1CCCO1. The van der Waals surface area contributed by atoms with Gasteiger partial charge in [-0.25, -0.2) is 0 Å². The van der Waals surface area contributed by atoms with Crippen LogP contribution in [-0.2, 0) is 9.53 Å². The molecule has 1 unspecified atom stereocenters. The lowest BCUT2D eigenvalue weighted by atomic mass is 10.1. The first-order valence-corrected chi connectivity index (χ1v) is 6.81. The first kappa shape index (κ1) is 14.6. The molecule has 4 heteroatoms. The van der Waals surface area contributed by atoms with E-state index in [1.807, 2.05) is 25.1 Å². The molecule has 1 aliphatic heterocycles. The van der Waals surface area contributed by atoms with Crippen LogP contribution in [0.2, 0.25) is 0 Å². The second-order valence-electron chi connectivity index (χ2n) is 4.88. The molecular weight excluding hydrogens is 254 g/mol. The van der Waals surface area contributed by atoms with Crippen molar-refractivity contribution in [2.75, 3.05) is 18.5 Å². The van der Waals surface area contributed by atoms with Crippen molar-refractivity contribution >= 4 is 11.6 Å². The maximum absolute atomic E-state index is 12.0. The highest BCUT2D eigenvalue weighted by atomic mass is 16.5. The van der Waals surface area contributed by atoms with Crippen molar-refractivity contribution in [3.63, 3.8) is 0 Å². The zero-order valence-electron chi connectivity index (χ0n) is 11.6. The Bertz CT molecular complexity index is 536. The highest BCUT2D eigenvalue weighted by Crippen LogP contribution is 2.19. The van der Waals surface area contributed by atoms with Crippen LogP contribution in [0.25, 0.3) is 0 Å². The first-order chi connectivity index (χ1) is 9.69. The molecule has 0 radical (unpaired) electrons. The molecule has 4 nitrogen and oxygen atoms in total. The third-order valence-corrected chi connectivity index (χ3v) is 3.26. The zero-order valence-corrected chi connectivity index (χ0v) is 11.6. The summed E-state index contributed by atoms with van der Waals surface area (Å²) in [5, 5.41) is 11.6. The van der Waals surface area contributed by atoms with E-state index in [0.717, 1.165) is 36.3 Å². The summed E-state index contributed by atoms with van der Waals surface area (Å²) in [6.07, 6.45) is 2.43. The summed E-state index contributed by atoms with van der Waals surface area (Å²) in [5.41, 5.74) is 2.52. The van der Waals surface area contributed by atoms with Gasteiger partial charge in [-0.3, -0.25) is 4.79 Å². The zero-order chi connectivity index (χ0) is 14.4. The van der Waals surface area contributed by atoms with Crippen molar-refractivity contribution in [2.24, 2.45) is 0 Å². The summed E-state index contributed by atoms with van der Waals surface area (Å²) in [6.45, 7) is 2.52. The van der Waals surface area contributed by atoms with E-state index in [9.17, 15) is 4.79 Å². The average molecular weight is 273 g/mol. The number of nitrogens with one attached hydrogen (secondary N) is 1. The van der Waals surface area contributed by atoms with Crippen LogP contribution in [0.3, 0.4) is 0 Å². The van der Waals surface area contributed by atoms with E-state index in [4.69, 9.17) is 9.84 Å². The topological polar surface area (TPSA) is 58.6 Å². The highest BCUT2D eigenvalue weighted by molar-refractivity contribution is 5.92. The second kappa shape index (κ2) is 7.09. The van der Waals surface area contributed by atoms with Crippen molar-refractivity contribution in [1.82, 2.24) is 0 Å². The highest BCUT2D eigenvalue weighted by Gasteiger charge is 2.19. The van der Waals surface area contributed by atoms with Crippen molar-refractivity contribution in [1.29, 1.82) is 0 Å². The molecule has 1 fully saturated rings. The van der Waals surface area contributed by atoms with Gasteiger partial charge in [0, 0.05) is 17.9 Å². The molecule has 0 spiro atoms. The number of aliphatic hydroxyl groups is 1. The number of hydrogen-bond donors (Lipinski definition) is 2. The van der Waals surface area contributed by atoms with E-state index in [1.54, 1.807) is 0 Å². The molecular formula is C16H19NO3. The van der Waals surface area contributed by atoms with Gasteiger partial charge in [-0.15, -0.1) is 0 Å². The van der Waals surface area contributed by atoms with Gasteiger partial charge in [0.1, 0.15) is 6.61 Å². The predicted molar refractivity (Wildman–Crippen MR) is 77.4 cm³/mol. The normalized spacial score (nSPS) is 17.4. The van der Waals surface area contributed by atoms with Crippen LogP contribution in [0, 0.1) is 18.8 Å². The van der Waals surface area contributed by atoms with Crippen LogP contribution in [0.15, 0.2) is 18.2 Å². The summed E-state index contributed by atoms with van der Waals surface area (Å²) in [4.78, 5) is 12.0. The van der Waals surface area contributed by atoms with E-state index < -0.39 is 0 Å². The molecule has 0 aliphatic carbocycles. The summed E-state index contributed by atoms with van der Waals surface area (Å²) in [6, 6.07) is 5.60. The van der Waals surface area contributed by atoms with Gasteiger partial charge < -0.3 is 15.2 Å². The van der Waals surface area contributed by atoms with Crippen molar-refractivity contribution in [3.8, 4) is 11.8 Å². The van der Waals surface area contributed by atoms with Gasteiger partial charge in [0.05, 0.1) is 12.5 Å². The number of carbonyl (C=O) groups is 1. The third kappa shape index (κ3) is 4.09. The summed E-state index contributed by atoms with van der Waals surface area (Å²) in [7, 11) is 0. The minimum Gasteiger partial charge on any atom is -0.384 e. The second-order valence-corrected chi connectivity index (χ2v) is 4.88. The number of anilines is 1. The Morgan fingerprint density at radius 2 is 2.40 bits per heavy atom. The van der Waals surface area contributed by atoms with Gasteiger partial charge in [0.25, 0.3) is 0 Å². The van der Waals surface area contributed by atoms with E-state index in [-0.39, 0.29) is 18.6 Å². The molecule has 106 valence electrons. The lowest BCUT2D eigenvalue weighted by Gasteiger charge is -2.12. The largest absolute Gasteiger partial charge is 0.384 e. The molecule has 2 N–H and O–H groups in total. The predicted octanol–water partition coefficient (Wildman–Crippen LogP) is 1.85. The molecule has 0 saturated carbocycles. The maximum atomic E-state index is 12.0. The molecule has 1 aromatic carbocycles. The van der Waals surface area contributed by atoms with Crippen molar-refractivity contribution < 1.29 is 14.6 Å². The van der Waals surface area contributed by atoms with Gasteiger partial charge in [0.15, 0.2) is 0 Å². The first-order valence-electron chi connectivity index (χ1n) is 6.81. The van der Waals surface area contributed by atoms with Crippen LogP contribution in [0.1, 0.15) is 30.4 Å². The minimum atomic E-state index is -0.172. The Kier molecular flexibility index (Phi) is 5.16. The van der Waals surface area contributed by atoms with E-state index in [0.29, 0.717) is 6.42 Å². The van der Waals surface area contributed by atoms with Crippen molar-refractivity contribution in [2.45, 2.75) is 32.3 Å². The van der Waals surface area contributed by atoms with Gasteiger partial charge in [-0.05, 0) is 37.5 Å². The Hall–Kier alpha value is -1.83. The Morgan fingerprint density at radius 3 is 3.10 bits per heavy atom. The third-order valence-electron chi connectivity index (χ3n) is 3.26. The molecule has 0 aromatic heterocycles. The van der Waals surface area contributed by atoms with Crippen molar-refractivity contribution in [3.05, 3.63) is 29.3 Å². The fraction of sp³-hybridized carbons (Fsp3) is 0.438. The van der Waals surface area contributed by atoms with Gasteiger partial charge in [0.2, 0.25) is 5.91 Å². The van der Waals surface area contributed by atoms with E-state index >= 15 is 0 Å². The smallest absolute Gasteiger partial charge is 0.226 e. The number of carbonyl (C=O) groups excluding carboxylic acids is 1. The van der Waals surface area contributed by atoms with Crippen LogP contribution >= 0.6 is 0 Å². The fourth-order valence-corrected chi connectivity index (χ4v) is 2.19. The van der Waals surface area contributed by atoms with Crippen LogP contribution < -0.4 is 5.32 Å². The lowest BCUT2D eigenvalue weighted by molar-refractivity contribution is -0.118.